The monoisotopic (exact) mass is 552 g/mol. The zero-order valence-electron chi connectivity index (χ0n) is 21.9. The maximum atomic E-state index is 13.2. The summed E-state index contributed by atoms with van der Waals surface area (Å²) in [6.07, 6.45) is -3.28. The molecule has 39 heavy (non-hydrogen) atoms. The lowest BCUT2D eigenvalue weighted by atomic mass is 9.89. The highest BCUT2D eigenvalue weighted by atomic mass is 19.4. The number of para-hydroxylation sites is 1. The van der Waals surface area contributed by atoms with Gasteiger partial charge in [-0.1, -0.05) is 42.5 Å². The first-order chi connectivity index (χ1) is 18.3. The minimum atomic E-state index is -5.19. The van der Waals surface area contributed by atoms with Crippen LogP contribution in [0.1, 0.15) is 40.2 Å². The summed E-state index contributed by atoms with van der Waals surface area (Å²) in [5.74, 6) is -3.84. The summed E-state index contributed by atoms with van der Waals surface area (Å²) in [7, 11) is 2.68. The van der Waals surface area contributed by atoms with Crippen molar-refractivity contribution in [2.24, 2.45) is 0 Å². The highest BCUT2D eigenvalue weighted by Crippen LogP contribution is 2.32. The number of alkyl halides is 3. The molecule has 1 amide bonds. The number of carbonyl (C=O) groups is 4. The third-order valence-electron chi connectivity index (χ3n) is 6.41. The van der Waals surface area contributed by atoms with Gasteiger partial charge in [-0.3, -0.25) is 4.79 Å². The van der Waals surface area contributed by atoms with Gasteiger partial charge in [0, 0.05) is 5.92 Å². The number of rotatable bonds is 7. The Kier molecular flexibility index (Phi) is 11.0. The number of hydrogen-bond donors (Lipinski definition) is 1. The third-order valence-corrected chi connectivity index (χ3v) is 6.41. The van der Waals surface area contributed by atoms with Gasteiger partial charge in [0.15, 0.2) is 13.1 Å². The van der Waals surface area contributed by atoms with Crippen LogP contribution in [0.15, 0.2) is 48.5 Å². The van der Waals surface area contributed by atoms with Crippen molar-refractivity contribution < 1.29 is 51.4 Å². The average molecular weight is 553 g/mol. The normalized spacial score (nSPS) is 18.7. The molecule has 0 bridgehead atoms. The molecule has 1 N–H and O–H groups in total. The third kappa shape index (κ3) is 9.10. The predicted molar refractivity (Wildman–Crippen MR) is 132 cm³/mol. The number of ether oxygens (including phenoxy) is 2. The number of esters is 2. The summed E-state index contributed by atoms with van der Waals surface area (Å²) in [6.45, 7) is 3.46. The van der Waals surface area contributed by atoms with Crippen LogP contribution in [0.25, 0.3) is 0 Å². The van der Waals surface area contributed by atoms with Crippen LogP contribution >= 0.6 is 0 Å². The minimum Gasteiger partial charge on any atom is -0.542 e. The summed E-state index contributed by atoms with van der Waals surface area (Å²) in [5, 5.41) is 11.7. The number of carboxylic acids is 1. The molecule has 3 rings (SSSR count). The van der Waals surface area contributed by atoms with E-state index < -0.39 is 18.1 Å². The Hall–Kier alpha value is -3.93. The van der Waals surface area contributed by atoms with Crippen molar-refractivity contribution >= 4 is 29.5 Å². The van der Waals surface area contributed by atoms with Gasteiger partial charge in [-0.15, -0.1) is 0 Å². The molecule has 1 aliphatic heterocycles. The molecule has 0 aliphatic carbocycles. The number of hydrogen-bond acceptors (Lipinski definition) is 7. The first-order valence-corrected chi connectivity index (χ1v) is 12.0. The molecule has 0 radical (unpaired) electrons. The number of carboxylic acid groups (broad SMARTS) is 1. The molecule has 0 saturated carbocycles. The van der Waals surface area contributed by atoms with E-state index in [2.05, 4.69) is 17.4 Å². The number of anilines is 1. The van der Waals surface area contributed by atoms with E-state index in [1.54, 1.807) is 12.1 Å². The van der Waals surface area contributed by atoms with E-state index in [0.717, 1.165) is 18.4 Å². The summed E-state index contributed by atoms with van der Waals surface area (Å²) in [4.78, 5) is 46.4. The number of aliphatic carboxylic acids is 1. The number of likely N-dealkylation sites (tertiary alicyclic amines) is 1. The zero-order valence-corrected chi connectivity index (χ0v) is 21.9. The number of methoxy groups -OCH3 is 2. The summed E-state index contributed by atoms with van der Waals surface area (Å²) >= 11 is 0. The minimum absolute atomic E-state index is 0.118. The van der Waals surface area contributed by atoms with Crippen LogP contribution in [0.3, 0.4) is 0 Å². The molecule has 2 aromatic carbocycles. The van der Waals surface area contributed by atoms with Gasteiger partial charge in [-0.05, 0) is 37.0 Å². The van der Waals surface area contributed by atoms with Crippen molar-refractivity contribution in [2.45, 2.75) is 31.9 Å². The molecule has 2 atom stereocenters. The van der Waals surface area contributed by atoms with Crippen molar-refractivity contribution in [1.82, 2.24) is 0 Å². The van der Waals surface area contributed by atoms with E-state index >= 15 is 0 Å². The standard InChI is InChI=1S/C25H30N2O5.C2HF3O2/c1-18-9-7-13-21(25(30)32-3)24(18)26-22(28)16-27(17-23(29)31-2)14-8-12-20(15-27)19-10-5-4-6-11-19;3-2(4,5)1(6)7/h4-7,9-11,13,20H,8,12,14-17H2,1-3H3;(H,6,7). The van der Waals surface area contributed by atoms with Gasteiger partial charge >= 0.3 is 18.1 Å². The second-order valence-electron chi connectivity index (χ2n) is 9.21. The van der Waals surface area contributed by atoms with Crippen LogP contribution in [-0.4, -0.2) is 74.9 Å². The van der Waals surface area contributed by atoms with E-state index in [1.807, 2.05) is 31.2 Å². The van der Waals surface area contributed by atoms with Crippen LogP contribution in [0.2, 0.25) is 0 Å². The Labute approximate surface area is 224 Å². The van der Waals surface area contributed by atoms with E-state index in [1.165, 1.54) is 19.8 Å². The van der Waals surface area contributed by atoms with Crippen LogP contribution in [0, 0.1) is 6.92 Å². The Morgan fingerprint density at radius 1 is 1.00 bits per heavy atom. The largest absolute Gasteiger partial charge is 0.542 e. The van der Waals surface area contributed by atoms with Gasteiger partial charge in [0.25, 0.3) is 5.91 Å². The highest BCUT2D eigenvalue weighted by molar-refractivity contribution is 6.02. The Morgan fingerprint density at radius 2 is 1.64 bits per heavy atom. The fourth-order valence-electron chi connectivity index (χ4n) is 4.60. The quantitative estimate of drug-likeness (QED) is 0.414. The maximum Gasteiger partial charge on any atom is 0.430 e. The van der Waals surface area contributed by atoms with Crippen LogP contribution in [-0.2, 0) is 23.9 Å². The highest BCUT2D eigenvalue weighted by Gasteiger charge is 2.40. The first-order valence-electron chi connectivity index (χ1n) is 12.0. The van der Waals surface area contributed by atoms with Gasteiger partial charge in [0.05, 0.1) is 38.6 Å². The van der Waals surface area contributed by atoms with Crippen molar-refractivity contribution in [3.05, 3.63) is 65.2 Å². The molecule has 0 spiro atoms. The van der Waals surface area contributed by atoms with E-state index in [0.29, 0.717) is 28.8 Å². The topological polar surface area (TPSA) is 122 Å². The molecule has 0 aromatic heterocycles. The number of quaternary nitrogens is 1. The predicted octanol–water partition coefficient (Wildman–Crippen LogP) is 2.59. The van der Waals surface area contributed by atoms with E-state index in [9.17, 15) is 27.6 Å². The molecule has 1 saturated heterocycles. The van der Waals surface area contributed by atoms with Crippen molar-refractivity contribution in [2.75, 3.05) is 45.7 Å². The molecule has 212 valence electrons. The lowest BCUT2D eigenvalue weighted by molar-refractivity contribution is -0.919. The van der Waals surface area contributed by atoms with Gasteiger partial charge in [0.2, 0.25) is 0 Å². The molecular formula is C27H31F3N2O7. The first kappa shape index (κ1) is 31.3. The number of carbonyl (C=O) groups excluding carboxylic acids is 4. The molecule has 9 nitrogen and oxygen atoms in total. The molecule has 2 aromatic rings. The summed E-state index contributed by atoms with van der Waals surface area (Å²) < 4.78 is 41.7. The van der Waals surface area contributed by atoms with Gasteiger partial charge in [0.1, 0.15) is 5.97 Å². The Balaban J connectivity index is 0.000000673. The summed E-state index contributed by atoms with van der Waals surface area (Å²) in [6, 6.07) is 15.4. The number of amides is 1. The van der Waals surface area contributed by atoms with Gasteiger partial charge in [-0.2, -0.15) is 13.2 Å². The smallest absolute Gasteiger partial charge is 0.430 e. The van der Waals surface area contributed by atoms with Gasteiger partial charge in [-0.25, -0.2) is 9.59 Å². The molecule has 1 aliphatic rings. The molecule has 1 heterocycles. The van der Waals surface area contributed by atoms with Crippen LogP contribution in [0.4, 0.5) is 18.9 Å². The second-order valence-corrected chi connectivity index (χ2v) is 9.21. The Morgan fingerprint density at radius 3 is 2.21 bits per heavy atom. The second kappa shape index (κ2) is 13.7. The lowest BCUT2D eigenvalue weighted by Crippen LogP contribution is -2.59. The lowest BCUT2D eigenvalue weighted by Gasteiger charge is -2.43. The SMILES string of the molecule is COC(=O)C[N+]1(CC(=O)Nc2c(C)cccc2C(=O)OC)CCCC(c2ccccc2)C1.O=C([O-])C(F)(F)F. The molecule has 12 heteroatoms. The average Bonchev–Trinajstić information content (AvgIpc) is 2.89. The molecule has 1 fully saturated rings. The van der Waals surface area contributed by atoms with E-state index in [4.69, 9.17) is 19.4 Å². The van der Waals surface area contributed by atoms with Gasteiger partial charge < -0.3 is 29.2 Å². The van der Waals surface area contributed by atoms with Crippen molar-refractivity contribution in [3.63, 3.8) is 0 Å². The number of aryl methyl sites for hydroxylation is 1. The number of piperidine rings is 1. The van der Waals surface area contributed by atoms with Crippen molar-refractivity contribution in [1.29, 1.82) is 0 Å². The zero-order chi connectivity index (χ0) is 29.2. The number of nitrogens with one attached hydrogen (secondary N) is 1. The Bertz CT molecular complexity index is 1170. The number of benzene rings is 2. The fraction of sp³-hybridized carbons (Fsp3) is 0.407. The fourth-order valence-corrected chi connectivity index (χ4v) is 4.60. The maximum absolute atomic E-state index is 13.2. The molecule has 2 unspecified atom stereocenters. The van der Waals surface area contributed by atoms with Crippen LogP contribution in [0.5, 0.6) is 0 Å². The van der Waals surface area contributed by atoms with Crippen LogP contribution < -0.4 is 10.4 Å². The van der Waals surface area contributed by atoms with Crippen molar-refractivity contribution in [3.8, 4) is 0 Å². The number of nitrogens with zero attached hydrogens (tertiary/aromatic N) is 1. The number of halogens is 3. The van der Waals surface area contributed by atoms with E-state index in [-0.39, 0.29) is 30.9 Å². The summed E-state index contributed by atoms with van der Waals surface area (Å²) in [5.41, 5.74) is 2.73. The molecular weight excluding hydrogens is 521 g/mol.